The number of carbonyl (C=O) groups excluding carboxylic acids is 2. The first kappa shape index (κ1) is 83.6. The number of rotatable bonds is 63. The molecule has 0 aromatic rings. The van der Waals surface area contributed by atoms with Crippen molar-refractivity contribution in [1.29, 1.82) is 0 Å². The van der Waals surface area contributed by atoms with E-state index in [2.05, 4.69) is 111 Å². The highest BCUT2D eigenvalue weighted by Crippen LogP contribution is 2.26. The zero-order valence-electron chi connectivity index (χ0n) is 57.3. The zero-order chi connectivity index (χ0) is 64.6. The number of allylic oxidation sites excluding steroid dienone is 15. The fourth-order valence-corrected chi connectivity index (χ4v) is 11.2. The molecule has 89 heavy (non-hydrogen) atoms. The molecule has 11 nitrogen and oxygen atoms in total. The molecule has 0 aromatic heterocycles. The molecule has 1 rings (SSSR count). The fraction of sp³-hybridized carbons (Fsp3) is 0.769. The van der Waals surface area contributed by atoms with Crippen molar-refractivity contribution in [2.75, 3.05) is 13.2 Å². The smallest absolute Gasteiger partial charge is 0.306 e. The summed E-state index contributed by atoms with van der Waals surface area (Å²) in [6, 6.07) is -1.03. The lowest BCUT2D eigenvalue weighted by atomic mass is 9.99. The van der Waals surface area contributed by atoms with Gasteiger partial charge in [-0.3, -0.25) is 9.59 Å². The molecule has 1 aliphatic heterocycles. The predicted molar refractivity (Wildman–Crippen MR) is 375 cm³/mol. The van der Waals surface area contributed by atoms with Gasteiger partial charge in [-0.15, -0.1) is 0 Å². The van der Waals surface area contributed by atoms with Crippen molar-refractivity contribution < 1.29 is 49.3 Å². The molecule has 0 saturated carbocycles. The van der Waals surface area contributed by atoms with Gasteiger partial charge < -0.3 is 45.1 Å². The van der Waals surface area contributed by atoms with Crippen LogP contribution in [0.4, 0.5) is 0 Å². The highest BCUT2D eigenvalue weighted by molar-refractivity contribution is 5.80. The van der Waals surface area contributed by atoms with E-state index < -0.39 is 67.4 Å². The third-order valence-electron chi connectivity index (χ3n) is 17.0. The van der Waals surface area contributed by atoms with Gasteiger partial charge in [-0.05, 0) is 103 Å². The molecule has 0 bridgehead atoms. The van der Waals surface area contributed by atoms with Gasteiger partial charge in [0.25, 0.3) is 0 Å². The molecule has 1 fully saturated rings. The molecule has 11 heteroatoms. The SMILES string of the molecule is CC/C=C\C/C=C\C/C=C\C/C=C\C/C=C\C/C=C\CCCCCCCCCCC(=O)OC1C(OCC(NC(=O)C(O)CCCCCCCCCCCCCC/C=C/CCCCCCCC)C(O)/C=C/CCCCCCCCCCC)OC(CO)C(O)C1O. The number of amides is 1. The quantitative estimate of drug-likeness (QED) is 0.0195. The van der Waals surface area contributed by atoms with E-state index in [1.807, 2.05) is 6.08 Å². The lowest BCUT2D eigenvalue weighted by Crippen LogP contribution is -2.61. The minimum atomic E-state index is -1.62. The first-order valence-electron chi connectivity index (χ1n) is 37.0. The molecule has 1 saturated heterocycles. The largest absolute Gasteiger partial charge is 0.454 e. The lowest BCUT2D eigenvalue weighted by molar-refractivity contribution is -0.305. The van der Waals surface area contributed by atoms with Crippen LogP contribution in [0.1, 0.15) is 323 Å². The van der Waals surface area contributed by atoms with Crippen molar-refractivity contribution in [1.82, 2.24) is 5.32 Å². The summed E-state index contributed by atoms with van der Waals surface area (Å²) in [5, 5.41) is 57.3. The van der Waals surface area contributed by atoms with Crippen LogP contribution in [-0.2, 0) is 23.8 Å². The van der Waals surface area contributed by atoms with Gasteiger partial charge in [0.2, 0.25) is 5.91 Å². The Morgan fingerprint density at radius 3 is 1.22 bits per heavy atom. The van der Waals surface area contributed by atoms with E-state index in [4.69, 9.17) is 14.2 Å². The van der Waals surface area contributed by atoms with Crippen LogP contribution in [0.2, 0.25) is 0 Å². The van der Waals surface area contributed by atoms with Gasteiger partial charge in [0, 0.05) is 6.42 Å². The number of hydrogen-bond donors (Lipinski definition) is 6. The Bertz CT molecular complexity index is 1820. The maximum Gasteiger partial charge on any atom is 0.306 e. The Hall–Kier alpha value is -3.42. The van der Waals surface area contributed by atoms with Crippen LogP contribution >= 0.6 is 0 Å². The first-order valence-corrected chi connectivity index (χ1v) is 37.0. The van der Waals surface area contributed by atoms with Crippen molar-refractivity contribution in [2.45, 2.75) is 372 Å². The summed E-state index contributed by atoms with van der Waals surface area (Å²) in [5.74, 6) is -1.20. The van der Waals surface area contributed by atoms with Crippen LogP contribution in [0.25, 0.3) is 0 Å². The third-order valence-corrected chi connectivity index (χ3v) is 17.0. The van der Waals surface area contributed by atoms with Gasteiger partial charge in [-0.25, -0.2) is 0 Å². The maximum absolute atomic E-state index is 13.5. The van der Waals surface area contributed by atoms with Crippen LogP contribution in [0.5, 0.6) is 0 Å². The second-order valence-electron chi connectivity index (χ2n) is 25.3. The highest BCUT2D eigenvalue weighted by Gasteiger charge is 2.47. The van der Waals surface area contributed by atoms with E-state index in [1.54, 1.807) is 6.08 Å². The fourth-order valence-electron chi connectivity index (χ4n) is 11.2. The predicted octanol–water partition coefficient (Wildman–Crippen LogP) is 19.4. The van der Waals surface area contributed by atoms with E-state index in [0.717, 1.165) is 109 Å². The second-order valence-corrected chi connectivity index (χ2v) is 25.3. The minimum Gasteiger partial charge on any atom is -0.454 e. The highest BCUT2D eigenvalue weighted by atomic mass is 16.7. The lowest BCUT2D eigenvalue weighted by Gasteiger charge is -2.41. The maximum atomic E-state index is 13.5. The Kier molecular flexibility index (Phi) is 60.7. The summed E-state index contributed by atoms with van der Waals surface area (Å²) in [4.78, 5) is 26.7. The van der Waals surface area contributed by atoms with Gasteiger partial charge >= 0.3 is 5.97 Å². The number of carbonyl (C=O) groups is 2. The molecule has 0 radical (unpaired) electrons. The van der Waals surface area contributed by atoms with Crippen LogP contribution in [0.15, 0.2) is 97.2 Å². The van der Waals surface area contributed by atoms with Crippen LogP contribution in [0, 0.1) is 0 Å². The molecule has 0 aromatic carbocycles. The Balaban J connectivity index is 2.53. The van der Waals surface area contributed by atoms with E-state index >= 15 is 0 Å². The normalized spacial score (nSPS) is 18.7. The average Bonchev–Trinajstić information content (AvgIpc) is 1.43. The number of aliphatic hydroxyl groups excluding tert-OH is 5. The molecule has 0 spiro atoms. The van der Waals surface area contributed by atoms with Crippen molar-refractivity contribution in [3.05, 3.63) is 97.2 Å². The second kappa shape index (κ2) is 64.7. The van der Waals surface area contributed by atoms with Crippen molar-refractivity contribution in [2.24, 2.45) is 0 Å². The molecular formula is C78H137NO10. The Morgan fingerprint density at radius 1 is 0.449 bits per heavy atom. The standard InChI is InChI=1S/C78H137NO10/c1-4-7-10-13-16-19-22-24-26-28-30-32-34-35-36-37-38-40-42-44-46-48-51-54-57-60-63-66-73(83)89-76-75(85)74(84)72(67-80)88-78(76)87-68-69(70(81)64-61-58-55-52-49-21-18-15-12-9-6-3)79-77(86)71(82)65-62-59-56-53-50-47-45-43-41-39-33-31-29-27-25-23-20-17-14-11-8-5-2/h7,10,16,19,24-27,30,32,35-36,38,40,61,64,69-72,74-76,78,80-82,84-85H,4-6,8-9,11-15,17-18,20-23,28-29,31,33-34,37,39,41-60,62-63,65-68H2,1-3H3,(H,79,86)/b10-7-,19-16-,26-24-,27-25+,32-30-,36-35-,40-38-,64-61+. The molecule has 0 aliphatic carbocycles. The number of unbranched alkanes of at least 4 members (excludes halogenated alkanes) is 35. The van der Waals surface area contributed by atoms with Gasteiger partial charge in [-0.2, -0.15) is 0 Å². The number of hydrogen-bond acceptors (Lipinski definition) is 10. The first-order chi connectivity index (χ1) is 43.7. The van der Waals surface area contributed by atoms with Crippen molar-refractivity contribution in [3.63, 3.8) is 0 Å². The zero-order valence-corrected chi connectivity index (χ0v) is 57.3. The summed E-state index contributed by atoms with van der Waals surface area (Å²) < 4.78 is 17.7. The molecule has 1 heterocycles. The van der Waals surface area contributed by atoms with E-state index in [9.17, 15) is 35.1 Å². The van der Waals surface area contributed by atoms with Gasteiger partial charge in [0.05, 0.1) is 25.4 Å². The van der Waals surface area contributed by atoms with E-state index in [-0.39, 0.29) is 19.4 Å². The number of nitrogens with one attached hydrogen (secondary N) is 1. The molecular weight excluding hydrogens is 1110 g/mol. The molecule has 8 atom stereocenters. The summed E-state index contributed by atoms with van der Waals surface area (Å²) in [5.41, 5.74) is 0. The van der Waals surface area contributed by atoms with Crippen molar-refractivity contribution >= 4 is 11.9 Å². The summed E-state index contributed by atoms with van der Waals surface area (Å²) >= 11 is 0. The van der Waals surface area contributed by atoms with E-state index in [0.29, 0.717) is 12.8 Å². The van der Waals surface area contributed by atoms with Gasteiger partial charge in [-0.1, -0.05) is 311 Å². The van der Waals surface area contributed by atoms with Crippen LogP contribution < -0.4 is 5.32 Å². The van der Waals surface area contributed by atoms with Crippen LogP contribution in [0.3, 0.4) is 0 Å². The monoisotopic (exact) mass is 1250 g/mol. The number of esters is 1. The topological polar surface area (TPSA) is 175 Å². The summed E-state index contributed by atoms with van der Waals surface area (Å²) in [7, 11) is 0. The van der Waals surface area contributed by atoms with Crippen molar-refractivity contribution in [3.8, 4) is 0 Å². The minimum absolute atomic E-state index is 0.110. The van der Waals surface area contributed by atoms with Gasteiger partial charge in [0.15, 0.2) is 12.4 Å². The molecule has 8 unspecified atom stereocenters. The Labute approximate surface area is 546 Å². The van der Waals surface area contributed by atoms with E-state index in [1.165, 1.54) is 167 Å². The van der Waals surface area contributed by atoms with Crippen LogP contribution in [-0.4, -0.2) is 99.6 Å². The Morgan fingerprint density at radius 2 is 0.809 bits per heavy atom. The average molecular weight is 1250 g/mol. The summed E-state index contributed by atoms with van der Waals surface area (Å²) in [6.45, 7) is 5.69. The number of ether oxygens (including phenoxy) is 3. The third kappa shape index (κ3) is 51.7. The van der Waals surface area contributed by atoms with Gasteiger partial charge in [0.1, 0.15) is 24.4 Å². The molecule has 1 aliphatic rings. The summed E-state index contributed by atoms with van der Waals surface area (Å²) in [6.07, 6.45) is 77.4. The molecule has 514 valence electrons. The molecule has 6 N–H and O–H groups in total. The molecule has 1 amide bonds. The number of aliphatic hydroxyl groups is 5.